The van der Waals surface area contributed by atoms with Gasteiger partial charge in [0.15, 0.2) is 6.29 Å². The van der Waals surface area contributed by atoms with Crippen LogP contribution in [0.1, 0.15) is 37.4 Å². The third-order valence-electron chi connectivity index (χ3n) is 5.57. The van der Waals surface area contributed by atoms with E-state index in [2.05, 4.69) is 15.2 Å². The number of hydrogen-bond donors (Lipinski definition) is 3. The number of benzene rings is 2. The number of nitrogens with one attached hydrogen (secondary N) is 1. The zero-order valence-corrected chi connectivity index (χ0v) is 17.3. The number of hydrogen-bond acceptors (Lipinski definition) is 4. The highest BCUT2D eigenvalue weighted by molar-refractivity contribution is 6.05. The molecule has 0 saturated carbocycles. The molecule has 0 radical (unpaired) electrons. The van der Waals surface area contributed by atoms with Gasteiger partial charge < -0.3 is 14.8 Å². The largest absolute Gasteiger partial charge is 0.363 e. The summed E-state index contributed by atoms with van der Waals surface area (Å²) in [6.07, 6.45) is -0.316. The van der Waals surface area contributed by atoms with Crippen LogP contribution in [0.2, 0.25) is 0 Å². The van der Waals surface area contributed by atoms with Crippen LogP contribution in [0, 0.1) is 11.6 Å². The number of H-pyrrole nitrogens is 1. The van der Waals surface area contributed by atoms with E-state index in [-0.39, 0.29) is 11.7 Å². The summed E-state index contributed by atoms with van der Waals surface area (Å²) < 4.78 is 29.8. The molecule has 3 aromatic heterocycles. The molecule has 0 saturated heterocycles. The fourth-order valence-corrected chi connectivity index (χ4v) is 4.21. The number of aromatic nitrogens is 4. The molecule has 6 nitrogen and oxygen atoms in total. The maximum atomic E-state index is 14.1. The number of aliphatic hydroxyl groups excluding tert-OH is 1. The van der Waals surface area contributed by atoms with Crippen LogP contribution < -0.4 is 0 Å². The summed E-state index contributed by atoms with van der Waals surface area (Å²) in [4.78, 5) is 4.25. The van der Waals surface area contributed by atoms with E-state index in [1.54, 1.807) is 18.3 Å². The maximum absolute atomic E-state index is 14.1. The molecule has 0 fully saturated rings. The van der Waals surface area contributed by atoms with E-state index in [9.17, 15) is 19.0 Å². The van der Waals surface area contributed by atoms with Crippen molar-refractivity contribution in [2.45, 2.75) is 26.1 Å². The van der Waals surface area contributed by atoms with Gasteiger partial charge in [-0.2, -0.15) is 5.10 Å². The number of halogens is 2. The molecule has 32 heavy (non-hydrogen) atoms. The van der Waals surface area contributed by atoms with Crippen molar-refractivity contribution < 1.29 is 19.0 Å². The second kappa shape index (κ2) is 7.51. The van der Waals surface area contributed by atoms with E-state index < -0.39 is 17.8 Å². The van der Waals surface area contributed by atoms with Gasteiger partial charge in [0, 0.05) is 27.7 Å². The highest BCUT2D eigenvalue weighted by Gasteiger charge is 2.25. The molecule has 0 atom stereocenters. The summed E-state index contributed by atoms with van der Waals surface area (Å²) >= 11 is 0. The molecule has 3 N–H and O–H groups in total. The predicted molar refractivity (Wildman–Crippen MR) is 117 cm³/mol. The van der Waals surface area contributed by atoms with Crippen LogP contribution >= 0.6 is 0 Å². The van der Waals surface area contributed by atoms with E-state index in [1.807, 2.05) is 30.5 Å². The Morgan fingerprint density at radius 1 is 1.00 bits per heavy atom. The molecule has 5 aromatic rings. The van der Waals surface area contributed by atoms with Crippen molar-refractivity contribution in [3.05, 3.63) is 77.8 Å². The molecule has 8 heteroatoms. The molecule has 5 rings (SSSR count). The Morgan fingerprint density at radius 3 is 2.44 bits per heavy atom. The third kappa shape index (κ3) is 3.16. The van der Waals surface area contributed by atoms with Crippen LogP contribution in [0.3, 0.4) is 0 Å². The lowest BCUT2D eigenvalue weighted by molar-refractivity contribution is -0.0483. The molecule has 0 aliphatic rings. The molecule has 0 aliphatic carbocycles. The van der Waals surface area contributed by atoms with Crippen molar-refractivity contribution in [1.82, 2.24) is 19.7 Å². The van der Waals surface area contributed by atoms with Gasteiger partial charge in [-0.3, -0.25) is 5.10 Å². The fourth-order valence-electron chi connectivity index (χ4n) is 4.21. The van der Waals surface area contributed by atoms with Gasteiger partial charge in [-0.25, -0.2) is 13.8 Å². The van der Waals surface area contributed by atoms with Gasteiger partial charge in [0.25, 0.3) is 0 Å². The fraction of sp³-hybridized carbons (Fsp3) is 0.167. The zero-order valence-electron chi connectivity index (χ0n) is 17.3. The van der Waals surface area contributed by atoms with E-state index >= 15 is 0 Å². The first-order chi connectivity index (χ1) is 15.3. The number of nitrogens with zero attached hydrogens (tertiary/aromatic N) is 3. The summed E-state index contributed by atoms with van der Waals surface area (Å²) in [5.41, 5.74) is 4.00. The molecule has 0 bridgehead atoms. The van der Waals surface area contributed by atoms with Gasteiger partial charge in [0.05, 0.1) is 22.9 Å². The van der Waals surface area contributed by atoms with Gasteiger partial charge in [-0.15, -0.1) is 0 Å². The average molecular weight is 434 g/mol. The summed E-state index contributed by atoms with van der Waals surface area (Å²) in [5.74, 6) is -1.13. The summed E-state index contributed by atoms with van der Waals surface area (Å²) in [6, 6.07) is 12.8. The van der Waals surface area contributed by atoms with E-state index in [0.717, 1.165) is 38.8 Å². The molecule has 0 unspecified atom stereocenters. The highest BCUT2D eigenvalue weighted by atomic mass is 19.1. The number of rotatable bonds is 4. The Morgan fingerprint density at radius 2 is 1.75 bits per heavy atom. The predicted octanol–water partition coefficient (Wildman–Crippen LogP) is 4.95. The lowest BCUT2D eigenvalue weighted by atomic mass is 9.99. The minimum absolute atomic E-state index is 0.00766. The Labute approximate surface area is 181 Å². The van der Waals surface area contributed by atoms with Crippen LogP contribution in [0.15, 0.2) is 54.7 Å². The number of pyridine rings is 1. The van der Waals surface area contributed by atoms with Crippen molar-refractivity contribution in [2.75, 3.05) is 0 Å². The molecule has 2 aromatic carbocycles. The molecule has 3 heterocycles. The van der Waals surface area contributed by atoms with E-state index in [4.69, 9.17) is 0 Å². The molecular formula is C24H20F2N4O2. The lowest BCUT2D eigenvalue weighted by Gasteiger charge is -2.16. The van der Waals surface area contributed by atoms with Crippen LogP contribution in [-0.2, 0) is 0 Å². The minimum atomic E-state index is -2.04. The molecular weight excluding hydrogens is 414 g/mol. The molecule has 0 spiro atoms. The molecule has 0 aliphatic heterocycles. The Hall–Kier alpha value is -3.62. The van der Waals surface area contributed by atoms with Crippen molar-refractivity contribution in [2.24, 2.45) is 0 Å². The van der Waals surface area contributed by atoms with Crippen molar-refractivity contribution >= 4 is 21.8 Å². The smallest absolute Gasteiger partial charge is 0.199 e. The van der Waals surface area contributed by atoms with Crippen LogP contribution in [-0.4, -0.2) is 30.0 Å². The van der Waals surface area contributed by atoms with Crippen molar-refractivity contribution in [1.29, 1.82) is 0 Å². The standard InChI is InChI=1S/C24H20F2N4O2/c1-12(2)23-21(18-8-7-17(26)22(28-18)24(31)32)16-10-19-13(11-27-29-19)9-20(16)30(23)15-5-3-14(25)4-6-15/h3-12,24,31-32H,1-2H3,(H,27,29). The maximum Gasteiger partial charge on any atom is 0.199 e. The SMILES string of the molecule is CC(C)c1c(-c2ccc(F)c(C(O)O)n2)c2cc3[nH]ncc3cc2n1-c1ccc(F)cc1. The zero-order chi connectivity index (χ0) is 22.6. The van der Waals surface area contributed by atoms with Gasteiger partial charge >= 0.3 is 0 Å². The first-order valence-corrected chi connectivity index (χ1v) is 10.2. The van der Waals surface area contributed by atoms with Gasteiger partial charge in [0.1, 0.15) is 17.3 Å². The Kier molecular flexibility index (Phi) is 4.76. The summed E-state index contributed by atoms with van der Waals surface area (Å²) in [6.45, 7) is 4.05. The monoisotopic (exact) mass is 434 g/mol. The number of aromatic amines is 1. The normalized spacial score (nSPS) is 12.0. The topological polar surface area (TPSA) is 87.0 Å². The average Bonchev–Trinajstić information content (AvgIpc) is 3.35. The first kappa shape index (κ1) is 20.3. The van der Waals surface area contributed by atoms with Crippen molar-refractivity contribution in [3.63, 3.8) is 0 Å². The third-order valence-corrected chi connectivity index (χ3v) is 5.57. The van der Waals surface area contributed by atoms with Gasteiger partial charge in [-0.1, -0.05) is 13.8 Å². The molecule has 162 valence electrons. The second-order valence-electron chi connectivity index (χ2n) is 7.99. The second-order valence-corrected chi connectivity index (χ2v) is 7.99. The van der Waals surface area contributed by atoms with Crippen LogP contribution in [0.5, 0.6) is 0 Å². The van der Waals surface area contributed by atoms with E-state index in [1.165, 1.54) is 24.3 Å². The minimum Gasteiger partial charge on any atom is -0.363 e. The first-order valence-electron chi connectivity index (χ1n) is 10.2. The summed E-state index contributed by atoms with van der Waals surface area (Å²) in [5, 5.41) is 28.0. The van der Waals surface area contributed by atoms with Crippen molar-refractivity contribution in [3.8, 4) is 16.9 Å². The van der Waals surface area contributed by atoms with E-state index in [0.29, 0.717) is 5.69 Å². The summed E-state index contributed by atoms with van der Waals surface area (Å²) in [7, 11) is 0. The van der Waals surface area contributed by atoms with Crippen LogP contribution in [0.25, 0.3) is 38.8 Å². The lowest BCUT2D eigenvalue weighted by Crippen LogP contribution is -2.06. The van der Waals surface area contributed by atoms with Gasteiger partial charge in [0.2, 0.25) is 0 Å². The number of fused-ring (bicyclic) bond motifs is 2. The highest BCUT2D eigenvalue weighted by Crippen LogP contribution is 2.41. The number of aliphatic hydroxyl groups is 2. The van der Waals surface area contributed by atoms with Gasteiger partial charge in [-0.05, 0) is 54.4 Å². The quantitative estimate of drug-likeness (QED) is 0.349. The Balaban J connectivity index is 1.93. The Bertz CT molecular complexity index is 1450. The molecule has 0 amide bonds. The van der Waals surface area contributed by atoms with Crippen LogP contribution in [0.4, 0.5) is 8.78 Å².